The summed E-state index contributed by atoms with van der Waals surface area (Å²) in [7, 11) is 0. The zero-order valence-corrected chi connectivity index (χ0v) is 15.3. The first-order valence-corrected chi connectivity index (χ1v) is 8.89. The van der Waals surface area contributed by atoms with Crippen molar-refractivity contribution in [2.75, 3.05) is 6.61 Å². The molecular formula is C18H15FN6O5. The van der Waals surface area contributed by atoms with Crippen molar-refractivity contribution in [1.29, 1.82) is 0 Å². The summed E-state index contributed by atoms with van der Waals surface area (Å²) in [6.45, 7) is -0.393. The third-order valence-electron chi connectivity index (χ3n) is 4.78. The van der Waals surface area contributed by atoms with Gasteiger partial charge in [-0.2, -0.15) is 0 Å². The Kier molecular flexibility index (Phi) is 5.19. The van der Waals surface area contributed by atoms with E-state index in [9.17, 15) is 19.1 Å². The van der Waals surface area contributed by atoms with Gasteiger partial charge < -0.3 is 14.4 Å². The van der Waals surface area contributed by atoms with Gasteiger partial charge in [-0.25, -0.2) is 9.18 Å². The fourth-order valence-electron chi connectivity index (χ4n) is 3.27. The highest BCUT2D eigenvalue weighted by molar-refractivity contribution is 5.65. The van der Waals surface area contributed by atoms with E-state index in [0.717, 1.165) is 4.57 Å². The number of azide groups is 1. The number of nitrogens with one attached hydrogen (secondary N) is 1. The number of hydrogen-bond donors (Lipinski definition) is 2. The zero-order valence-electron chi connectivity index (χ0n) is 15.3. The van der Waals surface area contributed by atoms with Gasteiger partial charge in [0.2, 0.25) is 0 Å². The summed E-state index contributed by atoms with van der Waals surface area (Å²) in [5.41, 5.74) is 8.01. The molecule has 11 nitrogen and oxygen atoms in total. The lowest BCUT2D eigenvalue weighted by Crippen LogP contribution is -2.33. The molecule has 1 aliphatic heterocycles. The van der Waals surface area contributed by atoms with Crippen molar-refractivity contribution < 1.29 is 18.8 Å². The van der Waals surface area contributed by atoms with Crippen molar-refractivity contribution in [2.24, 2.45) is 5.11 Å². The quantitative estimate of drug-likeness (QED) is 0.369. The summed E-state index contributed by atoms with van der Waals surface area (Å²) in [6.07, 6.45) is -0.222. The lowest BCUT2D eigenvalue weighted by atomic mass is 10.1. The minimum absolute atomic E-state index is 0.0445. The maximum atomic E-state index is 13.1. The van der Waals surface area contributed by atoms with E-state index in [-0.39, 0.29) is 17.7 Å². The molecule has 154 valence electrons. The summed E-state index contributed by atoms with van der Waals surface area (Å²) in [6, 6.07) is 6.36. The highest BCUT2D eigenvalue weighted by Gasteiger charge is 2.36. The van der Waals surface area contributed by atoms with Crippen LogP contribution in [0.4, 0.5) is 4.39 Å². The summed E-state index contributed by atoms with van der Waals surface area (Å²) in [5.74, 6) is -0.0955. The number of aliphatic hydroxyl groups is 1. The predicted molar refractivity (Wildman–Crippen MR) is 101 cm³/mol. The largest absolute Gasteiger partial charge is 0.394 e. The third-order valence-corrected chi connectivity index (χ3v) is 4.78. The molecule has 30 heavy (non-hydrogen) atoms. The molecule has 2 aromatic heterocycles. The first kappa shape index (κ1) is 19.6. The van der Waals surface area contributed by atoms with Gasteiger partial charge in [0.15, 0.2) is 5.76 Å². The molecule has 0 unspecified atom stereocenters. The molecule has 4 rings (SSSR count). The summed E-state index contributed by atoms with van der Waals surface area (Å²) >= 11 is 0. The van der Waals surface area contributed by atoms with Crippen LogP contribution in [-0.4, -0.2) is 38.6 Å². The van der Waals surface area contributed by atoms with Crippen LogP contribution >= 0.6 is 0 Å². The van der Waals surface area contributed by atoms with Crippen LogP contribution in [0.25, 0.3) is 33.0 Å². The van der Waals surface area contributed by atoms with Crippen molar-refractivity contribution in [2.45, 2.75) is 24.8 Å². The average Bonchev–Trinajstić information content (AvgIpc) is 3.36. The van der Waals surface area contributed by atoms with Gasteiger partial charge in [-0.1, -0.05) is 10.3 Å². The van der Waals surface area contributed by atoms with Crippen LogP contribution in [0.2, 0.25) is 0 Å². The minimum atomic E-state index is -0.857. The van der Waals surface area contributed by atoms with E-state index < -0.39 is 42.0 Å². The standard InChI is InChI=1S/C18H15FN6O5/c19-10-3-1-9(2-4-10)14-5-12(23-30-14)11-7-25(18(28)21-17(11)27)16-6-13(22-24-20)15(8-26)29-16/h1-5,7,13,15-16,26H,6,8H2,(H,21,27,28)/t13-,15+,16+/m0/s1. The second-order valence-corrected chi connectivity index (χ2v) is 6.61. The Bertz CT molecular complexity index is 1230. The van der Waals surface area contributed by atoms with Crippen LogP contribution in [0.3, 0.4) is 0 Å². The second kappa shape index (κ2) is 7.95. The van der Waals surface area contributed by atoms with Crippen LogP contribution in [0.1, 0.15) is 12.6 Å². The first-order valence-electron chi connectivity index (χ1n) is 8.89. The van der Waals surface area contributed by atoms with Crippen LogP contribution in [0.15, 0.2) is 55.8 Å². The van der Waals surface area contributed by atoms with E-state index in [1.165, 1.54) is 36.5 Å². The number of hydrogen-bond acceptors (Lipinski definition) is 7. The van der Waals surface area contributed by atoms with Crippen LogP contribution < -0.4 is 11.2 Å². The molecule has 3 heterocycles. The molecular weight excluding hydrogens is 399 g/mol. The summed E-state index contributed by atoms with van der Waals surface area (Å²) < 4.78 is 25.1. The molecule has 3 aromatic rings. The van der Waals surface area contributed by atoms with Gasteiger partial charge in [-0.05, 0) is 29.8 Å². The van der Waals surface area contributed by atoms with Gasteiger partial charge in [0.25, 0.3) is 5.56 Å². The lowest BCUT2D eigenvalue weighted by Gasteiger charge is -2.15. The number of ether oxygens (including phenoxy) is 1. The third kappa shape index (κ3) is 3.62. The predicted octanol–water partition coefficient (Wildman–Crippen LogP) is 1.96. The van der Waals surface area contributed by atoms with E-state index >= 15 is 0 Å². The van der Waals surface area contributed by atoms with Gasteiger partial charge in [0.1, 0.15) is 17.7 Å². The second-order valence-electron chi connectivity index (χ2n) is 6.61. The van der Waals surface area contributed by atoms with E-state index in [1.54, 1.807) is 0 Å². The maximum Gasteiger partial charge on any atom is 0.330 e. The molecule has 0 saturated carbocycles. The Balaban J connectivity index is 1.69. The smallest absolute Gasteiger partial charge is 0.330 e. The lowest BCUT2D eigenvalue weighted by molar-refractivity contribution is -0.0270. The van der Waals surface area contributed by atoms with Gasteiger partial charge in [-0.15, -0.1) is 0 Å². The maximum absolute atomic E-state index is 13.1. The zero-order chi connectivity index (χ0) is 21.3. The van der Waals surface area contributed by atoms with Crippen molar-refractivity contribution in [3.05, 3.63) is 73.6 Å². The molecule has 0 aliphatic carbocycles. The Hall–Kier alpha value is -3.73. The fourth-order valence-corrected chi connectivity index (χ4v) is 3.27. The van der Waals surface area contributed by atoms with E-state index in [2.05, 4.69) is 20.2 Å². The van der Waals surface area contributed by atoms with Gasteiger partial charge in [-0.3, -0.25) is 14.3 Å². The molecule has 0 radical (unpaired) electrons. The number of aromatic nitrogens is 3. The summed E-state index contributed by atoms with van der Waals surface area (Å²) in [4.78, 5) is 29.6. The van der Waals surface area contributed by atoms with Gasteiger partial charge in [0, 0.05) is 29.2 Å². The number of aliphatic hydroxyl groups excluding tert-OH is 1. The fraction of sp³-hybridized carbons (Fsp3) is 0.278. The van der Waals surface area contributed by atoms with Crippen LogP contribution in [0, 0.1) is 5.82 Å². The number of H-pyrrole nitrogens is 1. The van der Waals surface area contributed by atoms with Crippen LogP contribution in [0.5, 0.6) is 0 Å². The molecule has 2 N–H and O–H groups in total. The van der Waals surface area contributed by atoms with E-state index in [1.807, 2.05) is 0 Å². The Morgan fingerprint density at radius 2 is 2.13 bits per heavy atom. The average molecular weight is 414 g/mol. The molecule has 0 amide bonds. The van der Waals surface area contributed by atoms with Crippen molar-refractivity contribution in [3.63, 3.8) is 0 Å². The molecule has 0 bridgehead atoms. The van der Waals surface area contributed by atoms with Gasteiger partial charge >= 0.3 is 5.69 Å². The van der Waals surface area contributed by atoms with Crippen molar-refractivity contribution >= 4 is 0 Å². The number of rotatable bonds is 5. The minimum Gasteiger partial charge on any atom is -0.394 e. The topological polar surface area (TPSA) is 159 Å². The van der Waals surface area contributed by atoms with Crippen LogP contribution in [-0.2, 0) is 4.74 Å². The molecule has 0 spiro atoms. The molecule has 1 saturated heterocycles. The van der Waals surface area contributed by atoms with Crippen molar-refractivity contribution in [3.8, 4) is 22.6 Å². The number of benzene rings is 1. The number of nitrogens with zero attached hydrogens (tertiary/aromatic N) is 5. The van der Waals surface area contributed by atoms with E-state index in [0.29, 0.717) is 11.3 Å². The normalized spacial score (nSPS) is 20.8. The number of halogens is 1. The van der Waals surface area contributed by atoms with Crippen molar-refractivity contribution in [1.82, 2.24) is 14.7 Å². The molecule has 1 aromatic carbocycles. The Labute approximate surface area is 167 Å². The highest BCUT2D eigenvalue weighted by Crippen LogP contribution is 2.31. The Morgan fingerprint density at radius 3 is 2.83 bits per heavy atom. The molecule has 12 heteroatoms. The number of aromatic amines is 1. The SMILES string of the molecule is [N-]=[N+]=N[C@H]1C[C@H](n2cc(-c3cc(-c4ccc(F)cc4)on3)c(=O)[nH]c2=O)O[C@@H]1CO. The Morgan fingerprint density at radius 1 is 1.37 bits per heavy atom. The summed E-state index contributed by atoms with van der Waals surface area (Å²) in [5, 5.41) is 16.8. The van der Waals surface area contributed by atoms with E-state index in [4.69, 9.17) is 14.8 Å². The molecule has 1 aliphatic rings. The van der Waals surface area contributed by atoms with Gasteiger partial charge in [0.05, 0.1) is 24.3 Å². The molecule has 1 fully saturated rings. The monoisotopic (exact) mass is 414 g/mol. The molecule has 3 atom stereocenters. The first-order chi connectivity index (χ1) is 14.5. The highest BCUT2D eigenvalue weighted by atomic mass is 19.1.